The van der Waals surface area contributed by atoms with Gasteiger partial charge in [0.25, 0.3) is 0 Å². The first-order chi connectivity index (χ1) is 28.8. The van der Waals surface area contributed by atoms with Crippen LogP contribution in [0.1, 0.15) is 0 Å². The first-order valence-corrected chi connectivity index (χ1v) is 20.1. The average molecular weight is 735 g/mol. The third kappa shape index (κ3) is 3.30. The van der Waals surface area contributed by atoms with Crippen LogP contribution < -0.4 is 0 Å². The molecule has 15 rings (SSSR count). The van der Waals surface area contributed by atoms with Crippen LogP contribution in [0, 0.1) is 0 Å². The second-order valence-electron chi connectivity index (χ2n) is 16.0. The fourth-order valence-corrected chi connectivity index (χ4v) is 11.2. The second kappa shape index (κ2) is 10.1. The maximum absolute atomic E-state index is 2.59. The first-order valence-electron chi connectivity index (χ1n) is 20.1. The van der Waals surface area contributed by atoms with E-state index in [4.69, 9.17) is 0 Å². The molecule has 0 N–H and O–H groups in total. The predicted octanol–water partition coefficient (Wildman–Crippen LogP) is 14.2. The monoisotopic (exact) mass is 734 g/mol. The fourth-order valence-electron chi connectivity index (χ4n) is 11.2. The smallest absolute Gasteiger partial charge is 0.0641 e. The summed E-state index contributed by atoms with van der Waals surface area (Å²) in [7, 11) is 0. The molecule has 266 valence electrons. The SMILES string of the molecule is c1ccc(-n2c3ccccc3c3c2ccc2c4cccc5c6cc7c(cc6n(c54)c23)c2cccc3c4ccc5c(c6ccccc6n5-c5ccccc5)c4n7c23)cc1. The van der Waals surface area contributed by atoms with Gasteiger partial charge >= 0.3 is 0 Å². The van der Waals surface area contributed by atoms with Gasteiger partial charge in [0.15, 0.2) is 0 Å². The summed E-state index contributed by atoms with van der Waals surface area (Å²) in [5.41, 5.74) is 14.9. The summed E-state index contributed by atoms with van der Waals surface area (Å²) in [4.78, 5) is 0. The lowest BCUT2D eigenvalue weighted by Gasteiger charge is -2.08. The van der Waals surface area contributed by atoms with Crippen LogP contribution in [-0.4, -0.2) is 17.9 Å². The Balaban J connectivity index is 1.14. The molecule has 0 aliphatic rings. The van der Waals surface area contributed by atoms with Crippen LogP contribution in [0.3, 0.4) is 0 Å². The van der Waals surface area contributed by atoms with Gasteiger partial charge in [0.2, 0.25) is 0 Å². The standard InChI is InChI=1S/C54H30N4/c1-3-13-31(14-4-1)55-43-23-9-7-17-39(43)49-45(55)27-25-37-33-19-11-21-35-41-30-48-42(29-47(41)57(51(33)35)53(37)49)36-22-12-20-34-38-26-28-46-50(54(38)58(48)52(34)36)40-18-8-10-24-44(40)56(46)32-15-5-2-6-16-32/h1-30H. The van der Waals surface area contributed by atoms with Crippen molar-refractivity contribution in [3.63, 3.8) is 0 Å². The summed E-state index contributed by atoms with van der Waals surface area (Å²) in [5.74, 6) is 0. The number of hydrogen-bond acceptors (Lipinski definition) is 0. The van der Waals surface area contributed by atoms with Gasteiger partial charge in [-0.05, 0) is 60.7 Å². The molecule has 6 heterocycles. The highest BCUT2D eigenvalue weighted by atomic mass is 15.0. The van der Waals surface area contributed by atoms with E-state index in [-0.39, 0.29) is 0 Å². The van der Waals surface area contributed by atoms with Gasteiger partial charge in [-0.1, -0.05) is 121 Å². The summed E-state index contributed by atoms with van der Waals surface area (Å²) in [6, 6.07) is 67.6. The molecular formula is C54H30N4. The molecule has 4 nitrogen and oxygen atoms in total. The first kappa shape index (κ1) is 29.5. The number of rotatable bonds is 2. The van der Waals surface area contributed by atoms with Gasteiger partial charge in [0.1, 0.15) is 0 Å². The Morgan fingerprint density at radius 3 is 1.03 bits per heavy atom. The van der Waals surface area contributed by atoms with Crippen LogP contribution in [0.4, 0.5) is 0 Å². The van der Waals surface area contributed by atoms with Crippen LogP contribution in [0.15, 0.2) is 182 Å². The van der Waals surface area contributed by atoms with Crippen LogP contribution in [-0.2, 0) is 0 Å². The minimum absolute atomic E-state index is 1.17. The summed E-state index contributed by atoms with van der Waals surface area (Å²) >= 11 is 0. The van der Waals surface area contributed by atoms with E-state index in [9.17, 15) is 0 Å². The molecule has 9 aromatic carbocycles. The van der Waals surface area contributed by atoms with Gasteiger partial charge in [-0.25, -0.2) is 0 Å². The maximum atomic E-state index is 2.59. The largest absolute Gasteiger partial charge is 0.309 e. The van der Waals surface area contributed by atoms with E-state index in [1.807, 2.05) is 0 Å². The van der Waals surface area contributed by atoms with Gasteiger partial charge in [0.05, 0.1) is 55.2 Å². The molecule has 0 fully saturated rings. The normalized spacial score (nSPS) is 12.8. The van der Waals surface area contributed by atoms with Gasteiger partial charge in [-0.15, -0.1) is 0 Å². The molecule has 0 radical (unpaired) electrons. The van der Waals surface area contributed by atoms with Gasteiger partial charge in [-0.2, -0.15) is 0 Å². The van der Waals surface area contributed by atoms with Crippen LogP contribution >= 0.6 is 0 Å². The number of fused-ring (bicyclic) bond motifs is 20. The number of benzene rings is 9. The van der Waals surface area contributed by atoms with Gasteiger partial charge in [0, 0.05) is 76.0 Å². The maximum Gasteiger partial charge on any atom is 0.0641 e. The summed E-state index contributed by atoms with van der Waals surface area (Å²) in [6.07, 6.45) is 0. The predicted molar refractivity (Wildman–Crippen MR) is 244 cm³/mol. The van der Waals surface area contributed by atoms with E-state index in [1.54, 1.807) is 0 Å². The van der Waals surface area contributed by atoms with Gasteiger partial charge < -0.3 is 17.9 Å². The molecular weight excluding hydrogens is 705 g/mol. The highest BCUT2D eigenvalue weighted by Crippen LogP contribution is 2.49. The molecule has 0 bridgehead atoms. The molecule has 58 heavy (non-hydrogen) atoms. The lowest BCUT2D eigenvalue weighted by atomic mass is 10.0. The summed E-state index contributed by atoms with van der Waals surface area (Å²) in [6.45, 7) is 0. The topological polar surface area (TPSA) is 18.7 Å². The van der Waals surface area contributed by atoms with E-state index < -0.39 is 0 Å². The van der Waals surface area contributed by atoms with Crippen molar-refractivity contribution in [1.29, 1.82) is 0 Å². The zero-order valence-electron chi connectivity index (χ0n) is 31.1. The minimum Gasteiger partial charge on any atom is -0.309 e. The van der Waals surface area contributed by atoms with E-state index >= 15 is 0 Å². The summed E-state index contributed by atoms with van der Waals surface area (Å²) < 4.78 is 10.1. The minimum atomic E-state index is 1.17. The lowest BCUT2D eigenvalue weighted by Crippen LogP contribution is -1.93. The van der Waals surface area contributed by atoms with Crippen molar-refractivity contribution in [3.05, 3.63) is 182 Å². The number of para-hydroxylation sites is 6. The lowest BCUT2D eigenvalue weighted by molar-refractivity contribution is 1.18. The van der Waals surface area contributed by atoms with E-state index in [0.29, 0.717) is 0 Å². The third-order valence-electron chi connectivity index (χ3n) is 13.4. The third-order valence-corrected chi connectivity index (χ3v) is 13.4. The molecule has 0 unspecified atom stereocenters. The Hall–Kier alpha value is -7.82. The Morgan fingerprint density at radius 2 is 0.586 bits per heavy atom. The Morgan fingerprint density at radius 1 is 0.224 bits per heavy atom. The van der Waals surface area contributed by atoms with E-state index in [1.165, 1.54) is 131 Å². The Bertz CT molecular complexity index is 3960. The molecule has 0 aliphatic heterocycles. The zero-order valence-corrected chi connectivity index (χ0v) is 31.1. The molecule has 0 aliphatic carbocycles. The highest BCUT2D eigenvalue weighted by Gasteiger charge is 2.26. The molecule has 0 saturated heterocycles. The van der Waals surface area contributed by atoms with Crippen molar-refractivity contribution >= 4 is 120 Å². The molecule has 4 heteroatoms. The fraction of sp³-hybridized carbons (Fsp3) is 0. The van der Waals surface area contributed by atoms with Crippen molar-refractivity contribution in [2.24, 2.45) is 0 Å². The Labute approximate surface area is 329 Å². The molecule has 0 atom stereocenters. The van der Waals surface area contributed by atoms with Crippen molar-refractivity contribution < 1.29 is 0 Å². The molecule has 0 amide bonds. The van der Waals surface area contributed by atoms with Gasteiger partial charge in [-0.3, -0.25) is 0 Å². The van der Waals surface area contributed by atoms with Crippen LogP contribution in [0.2, 0.25) is 0 Å². The van der Waals surface area contributed by atoms with E-state index in [0.717, 1.165) is 0 Å². The van der Waals surface area contributed by atoms with E-state index in [2.05, 4.69) is 200 Å². The van der Waals surface area contributed by atoms with Crippen LogP contribution in [0.5, 0.6) is 0 Å². The molecule has 0 saturated carbocycles. The number of aromatic nitrogens is 4. The quantitative estimate of drug-likeness (QED) is 0.168. The zero-order chi connectivity index (χ0) is 37.4. The van der Waals surface area contributed by atoms with Crippen molar-refractivity contribution in [3.8, 4) is 11.4 Å². The number of nitrogens with zero attached hydrogens (tertiary/aromatic N) is 4. The van der Waals surface area contributed by atoms with Crippen molar-refractivity contribution in [2.75, 3.05) is 0 Å². The molecule has 0 spiro atoms. The van der Waals surface area contributed by atoms with Crippen molar-refractivity contribution in [1.82, 2.24) is 17.9 Å². The second-order valence-corrected chi connectivity index (χ2v) is 16.0. The molecule has 6 aromatic heterocycles. The van der Waals surface area contributed by atoms with Crippen molar-refractivity contribution in [2.45, 2.75) is 0 Å². The number of hydrogen-bond donors (Lipinski definition) is 0. The van der Waals surface area contributed by atoms with Crippen LogP contribution in [0.25, 0.3) is 131 Å². The summed E-state index contributed by atoms with van der Waals surface area (Å²) in [5, 5.41) is 15.5. The average Bonchev–Trinajstić information content (AvgIpc) is 4.11. The molecule has 15 aromatic rings. The Kier molecular flexibility index (Phi) is 5.14. The highest BCUT2D eigenvalue weighted by molar-refractivity contribution is 6.34.